The molecule has 2 saturated heterocycles. The third-order valence-corrected chi connectivity index (χ3v) is 6.99. The number of aryl methyl sites for hydroxylation is 2. The van der Waals surface area contributed by atoms with Crippen molar-refractivity contribution >= 4 is 28.7 Å². The summed E-state index contributed by atoms with van der Waals surface area (Å²) in [5.74, 6) is -1.33. The second-order valence-corrected chi connectivity index (χ2v) is 9.10. The Morgan fingerprint density at radius 2 is 1.65 bits per heavy atom. The van der Waals surface area contributed by atoms with E-state index in [-0.39, 0.29) is 29.9 Å². The molecule has 14 heteroatoms. The number of hydrogen-bond acceptors (Lipinski definition) is 7. The van der Waals surface area contributed by atoms with Gasteiger partial charge in [0.25, 0.3) is 0 Å². The topological polar surface area (TPSA) is 116 Å². The number of imidazole rings is 1. The van der Waals surface area contributed by atoms with E-state index in [1.807, 2.05) is 0 Å². The molecule has 2 fully saturated rings. The average Bonchev–Trinajstić information content (AvgIpc) is 3.46. The number of alkyl halides is 3. The highest BCUT2D eigenvalue weighted by Crippen LogP contribution is 2.34. The molecule has 2 aliphatic rings. The summed E-state index contributed by atoms with van der Waals surface area (Å²) in [5.41, 5.74) is 11.8. The first-order chi connectivity index (χ1) is 17.5. The number of carbonyl (C=O) groups excluding carboxylic acids is 2. The molecule has 1 unspecified atom stereocenters. The molecule has 0 aliphatic carbocycles. The highest BCUT2D eigenvalue weighted by atomic mass is 19.4. The summed E-state index contributed by atoms with van der Waals surface area (Å²) in [4.78, 5) is 41.9. The average molecular weight is 519 g/mol. The monoisotopic (exact) mass is 518 g/mol. The Hall–Kier alpha value is -3.72. The summed E-state index contributed by atoms with van der Waals surface area (Å²) in [7, 11) is 3.26. The number of carbonyl (C=O) groups is 2. The van der Waals surface area contributed by atoms with Gasteiger partial charge in [0, 0.05) is 26.3 Å². The number of rotatable bonds is 4. The van der Waals surface area contributed by atoms with E-state index < -0.39 is 35.8 Å². The van der Waals surface area contributed by atoms with Crippen LogP contribution in [0.3, 0.4) is 0 Å². The number of hydrazine groups is 3. The minimum Gasteiger partial charge on any atom is -0.295 e. The predicted octanol–water partition coefficient (Wildman–Crippen LogP) is 1.23. The van der Waals surface area contributed by atoms with E-state index in [0.717, 1.165) is 11.0 Å². The van der Waals surface area contributed by atoms with Crippen molar-refractivity contribution in [3.8, 4) is 0 Å². The Morgan fingerprint density at radius 3 is 2.32 bits per heavy atom. The lowest BCUT2D eigenvalue weighted by atomic mass is 9.98. The molecule has 0 saturated carbocycles. The van der Waals surface area contributed by atoms with Crippen LogP contribution >= 0.6 is 0 Å². The Morgan fingerprint density at radius 1 is 0.973 bits per heavy atom. The zero-order chi connectivity index (χ0) is 26.6. The minimum absolute atomic E-state index is 0.00392. The highest BCUT2D eigenvalue weighted by molar-refractivity contribution is 6.07. The van der Waals surface area contributed by atoms with E-state index in [2.05, 4.69) is 21.9 Å². The SMILES string of the molecule is Cc1c(CN2C(=O)C(C3NNNN3)CN(c3ccc4c(c3)n(C)c(=O)n4C)C2=O)cccc1C(F)(F)F. The molecular weight excluding hydrogens is 493 g/mol. The number of imide groups is 1. The number of fused-ring (bicyclic) bond motifs is 1. The van der Waals surface area contributed by atoms with Crippen LogP contribution in [0.1, 0.15) is 16.7 Å². The van der Waals surface area contributed by atoms with Gasteiger partial charge in [0.1, 0.15) is 0 Å². The number of urea groups is 1. The normalized spacial score (nSPS) is 19.5. The van der Waals surface area contributed by atoms with Gasteiger partial charge < -0.3 is 0 Å². The van der Waals surface area contributed by atoms with Crippen LogP contribution in [0.4, 0.5) is 23.7 Å². The molecule has 2 aliphatic heterocycles. The van der Waals surface area contributed by atoms with Crippen LogP contribution in [0, 0.1) is 12.8 Å². The summed E-state index contributed by atoms with van der Waals surface area (Å²) in [6.45, 7) is 0.986. The third kappa shape index (κ3) is 4.17. The van der Waals surface area contributed by atoms with Crippen molar-refractivity contribution in [3.63, 3.8) is 0 Å². The van der Waals surface area contributed by atoms with E-state index in [4.69, 9.17) is 0 Å². The lowest BCUT2D eigenvalue weighted by Gasteiger charge is -2.40. The fourth-order valence-corrected chi connectivity index (χ4v) is 4.86. The molecule has 5 rings (SSSR count). The second kappa shape index (κ2) is 8.99. The largest absolute Gasteiger partial charge is 0.416 e. The fourth-order valence-electron chi connectivity index (χ4n) is 4.86. The number of hydrogen-bond donors (Lipinski definition) is 4. The van der Waals surface area contributed by atoms with Crippen molar-refractivity contribution in [2.75, 3.05) is 11.4 Å². The summed E-state index contributed by atoms with van der Waals surface area (Å²) >= 11 is 0. The quantitative estimate of drug-likeness (QED) is 0.411. The molecule has 0 bridgehead atoms. The number of anilines is 1. The lowest BCUT2D eigenvalue weighted by molar-refractivity contribution is -0.138. The Labute approximate surface area is 208 Å². The smallest absolute Gasteiger partial charge is 0.295 e. The molecule has 196 valence electrons. The molecule has 4 N–H and O–H groups in total. The number of aromatic nitrogens is 2. The number of nitrogens with zero attached hydrogens (tertiary/aromatic N) is 4. The van der Waals surface area contributed by atoms with Crippen LogP contribution in [-0.2, 0) is 31.6 Å². The first-order valence-electron chi connectivity index (χ1n) is 11.4. The van der Waals surface area contributed by atoms with Crippen molar-refractivity contribution < 1.29 is 22.8 Å². The minimum atomic E-state index is -4.57. The van der Waals surface area contributed by atoms with Crippen LogP contribution in [-0.4, -0.2) is 38.7 Å². The van der Waals surface area contributed by atoms with Crippen LogP contribution in [0.5, 0.6) is 0 Å². The maximum atomic E-state index is 13.7. The highest BCUT2D eigenvalue weighted by Gasteiger charge is 2.45. The maximum Gasteiger partial charge on any atom is 0.416 e. The van der Waals surface area contributed by atoms with Gasteiger partial charge in [-0.15, -0.1) is 0 Å². The van der Waals surface area contributed by atoms with E-state index in [1.165, 1.54) is 33.1 Å². The molecule has 0 radical (unpaired) electrons. The molecule has 1 atom stereocenters. The van der Waals surface area contributed by atoms with Gasteiger partial charge >= 0.3 is 17.9 Å². The van der Waals surface area contributed by atoms with Gasteiger partial charge in [-0.2, -0.15) is 24.2 Å². The Kier molecular flexibility index (Phi) is 6.06. The van der Waals surface area contributed by atoms with Crippen LogP contribution in [0.15, 0.2) is 41.2 Å². The summed E-state index contributed by atoms with van der Waals surface area (Å²) in [6.07, 6.45) is -5.18. The summed E-state index contributed by atoms with van der Waals surface area (Å²) < 4.78 is 43.4. The van der Waals surface area contributed by atoms with E-state index >= 15 is 0 Å². The van der Waals surface area contributed by atoms with Gasteiger partial charge in [-0.3, -0.25) is 23.7 Å². The van der Waals surface area contributed by atoms with Crippen LogP contribution < -0.4 is 32.5 Å². The zero-order valence-corrected chi connectivity index (χ0v) is 20.2. The number of nitrogens with one attached hydrogen (secondary N) is 4. The first-order valence-corrected chi connectivity index (χ1v) is 11.4. The molecule has 3 aromatic rings. The van der Waals surface area contributed by atoms with Gasteiger partial charge in [0.05, 0.1) is 35.2 Å². The Balaban J connectivity index is 1.56. The fraction of sp³-hybridized carbons (Fsp3) is 0.348. The van der Waals surface area contributed by atoms with Crippen molar-refractivity contribution in [2.24, 2.45) is 20.0 Å². The van der Waals surface area contributed by atoms with Gasteiger partial charge in [-0.1, -0.05) is 12.1 Å². The van der Waals surface area contributed by atoms with E-state index in [0.29, 0.717) is 16.7 Å². The molecular formula is C23H25F3N8O3. The molecule has 2 aromatic carbocycles. The standard InChI is InChI=1S/C23H25F3N8O3/c1-12-13(5-4-6-16(12)23(24,25)26)10-34-20(35)15(19-27-29-30-28-19)11-33(22(34)37)14-7-8-17-18(9-14)32(3)21(36)31(17)2/h4-9,15,19,27-30H,10-11H2,1-3H3. The Bertz CT molecular complexity index is 1460. The van der Waals surface area contributed by atoms with Crippen LogP contribution in [0.25, 0.3) is 11.0 Å². The summed E-state index contributed by atoms with van der Waals surface area (Å²) in [6, 6.07) is 8.10. The lowest BCUT2D eigenvalue weighted by Crippen LogP contribution is -2.62. The third-order valence-electron chi connectivity index (χ3n) is 6.99. The number of halogens is 3. The number of amides is 3. The second-order valence-electron chi connectivity index (χ2n) is 9.10. The summed E-state index contributed by atoms with van der Waals surface area (Å²) in [5, 5.41) is 0. The van der Waals surface area contributed by atoms with Crippen molar-refractivity contribution in [1.29, 1.82) is 0 Å². The molecule has 11 nitrogen and oxygen atoms in total. The molecule has 37 heavy (non-hydrogen) atoms. The maximum absolute atomic E-state index is 13.7. The van der Waals surface area contributed by atoms with Crippen LogP contribution in [0.2, 0.25) is 0 Å². The molecule has 3 amide bonds. The van der Waals surface area contributed by atoms with Gasteiger partial charge in [-0.25, -0.2) is 20.4 Å². The van der Waals surface area contributed by atoms with Gasteiger partial charge in [-0.05, 0) is 42.3 Å². The molecule has 0 spiro atoms. The zero-order valence-electron chi connectivity index (χ0n) is 20.2. The van der Waals surface area contributed by atoms with E-state index in [9.17, 15) is 27.6 Å². The first kappa shape index (κ1) is 25.0. The van der Waals surface area contributed by atoms with Gasteiger partial charge in [0.15, 0.2) is 0 Å². The van der Waals surface area contributed by atoms with Crippen molar-refractivity contribution in [3.05, 3.63) is 63.6 Å². The van der Waals surface area contributed by atoms with Crippen molar-refractivity contribution in [2.45, 2.75) is 25.8 Å². The molecule has 3 heterocycles. The molecule has 1 aromatic heterocycles. The predicted molar refractivity (Wildman–Crippen MR) is 127 cm³/mol. The van der Waals surface area contributed by atoms with Gasteiger partial charge in [0.2, 0.25) is 5.91 Å². The number of benzene rings is 2. The van der Waals surface area contributed by atoms with Crippen molar-refractivity contribution in [1.82, 2.24) is 36.0 Å². The van der Waals surface area contributed by atoms with E-state index in [1.54, 1.807) is 32.3 Å².